The lowest BCUT2D eigenvalue weighted by molar-refractivity contribution is -0.121. The Morgan fingerprint density at radius 2 is 1.61 bits per heavy atom. The van der Waals surface area contributed by atoms with Gasteiger partial charge in [0.2, 0.25) is 5.91 Å². The third-order valence-corrected chi connectivity index (χ3v) is 6.69. The van der Waals surface area contributed by atoms with Crippen molar-refractivity contribution < 1.29 is 13.2 Å². The Bertz CT molecular complexity index is 823. The zero-order valence-electron chi connectivity index (χ0n) is 16.7. The van der Waals surface area contributed by atoms with Gasteiger partial charge in [-0.05, 0) is 44.5 Å². The Morgan fingerprint density at radius 3 is 2.25 bits per heavy atom. The highest BCUT2D eigenvalue weighted by atomic mass is 32.2. The van der Waals surface area contributed by atoms with Gasteiger partial charge in [0.25, 0.3) is 0 Å². The van der Waals surface area contributed by atoms with Crippen molar-refractivity contribution in [3.8, 4) is 0 Å². The Morgan fingerprint density at radius 1 is 1.00 bits per heavy atom. The highest BCUT2D eigenvalue weighted by molar-refractivity contribution is 7.91. The van der Waals surface area contributed by atoms with E-state index in [1.165, 1.54) is 5.56 Å². The first kappa shape index (κ1) is 22.1. The van der Waals surface area contributed by atoms with Crippen molar-refractivity contribution >= 4 is 15.7 Å². The third-order valence-electron chi connectivity index (χ3n) is 4.87. The molecule has 6 heteroatoms. The van der Waals surface area contributed by atoms with Crippen molar-refractivity contribution in [2.45, 2.75) is 37.1 Å². The molecule has 2 aromatic rings. The molecule has 0 aliphatic heterocycles. The minimum Gasteiger partial charge on any atom is -0.356 e. The molecule has 0 aromatic heterocycles. The Hall–Kier alpha value is -2.18. The van der Waals surface area contributed by atoms with E-state index in [1.807, 2.05) is 18.2 Å². The molecule has 0 unspecified atom stereocenters. The average Bonchev–Trinajstić information content (AvgIpc) is 2.71. The number of hydrogen-bond donors (Lipinski definition) is 1. The zero-order chi connectivity index (χ0) is 20.4. The quantitative estimate of drug-likeness (QED) is 0.585. The van der Waals surface area contributed by atoms with Crippen LogP contribution in [0.3, 0.4) is 0 Å². The third kappa shape index (κ3) is 7.09. The van der Waals surface area contributed by atoms with Crippen LogP contribution < -0.4 is 5.32 Å². The van der Waals surface area contributed by atoms with Gasteiger partial charge in [-0.1, -0.05) is 48.5 Å². The molecule has 0 heterocycles. The summed E-state index contributed by atoms with van der Waals surface area (Å²) >= 11 is 0. The van der Waals surface area contributed by atoms with Crippen molar-refractivity contribution in [1.29, 1.82) is 0 Å². The first-order chi connectivity index (χ1) is 13.4. The molecule has 0 aliphatic carbocycles. The number of nitrogens with zero attached hydrogens (tertiary/aromatic N) is 1. The molecular formula is C22H30N2O3S. The number of hydrogen-bond acceptors (Lipinski definition) is 4. The maximum absolute atomic E-state index is 12.2. The number of amides is 1. The van der Waals surface area contributed by atoms with E-state index in [9.17, 15) is 13.2 Å². The fourth-order valence-electron chi connectivity index (χ4n) is 2.99. The second-order valence-corrected chi connectivity index (χ2v) is 9.12. The van der Waals surface area contributed by atoms with Crippen molar-refractivity contribution in [2.75, 3.05) is 25.9 Å². The van der Waals surface area contributed by atoms with E-state index in [0.717, 1.165) is 13.0 Å². The highest BCUT2D eigenvalue weighted by Crippen LogP contribution is 2.18. The summed E-state index contributed by atoms with van der Waals surface area (Å²) in [4.78, 5) is 14.5. The van der Waals surface area contributed by atoms with Crippen molar-refractivity contribution in [2.24, 2.45) is 0 Å². The van der Waals surface area contributed by atoms with Crippen LogP contribution in [0.2, 0.25) is 0 Å². The molecule has 0 spiro atoms. The van der Waals surface area contributed by atoms with E-state index in [0.29, 0.717) is 23.9 Å². The van der Waals surface area contributed by atoms with Crippen molar-refractivity contribution in [1.82, 2.24) is 10.2 Å². The van der Waals surface area contributed by atoms with E-state index < -0.39 is 9.84 Å². The minimum absolute atomic E-state index is 0.0121. The molecule has 0 aliphatic rings. The summed E-state index contributed by atoms with van der Waals surface area (Å²) in [6.45, 7) is 3.63. The van der Waals surface area contributed by atoms with Gasteiger partial charge in [0.1, 0.15) is 0 Å². The second kappa shape index (κ2) is 11.0. The second-order valence-electron chi connectivity index (χ2n) is 7.01. The number of nitrogens with one attached hydrogen (secondary N) is 1. The van der Waals surface area contributed by atoms with Crippen LogP contribution >= 0.6 is 0 Å². The Kier molecular flexibility index (Phi) is 8.67. The van der Waals surface area contributed by atoms with Crippen LogP contribution in [0.25, 0.3) is 0 Å². The fraction of sp³-hybridized carbons (Fsp3) is 0.409. The van der Waals surface area contributed by atoms with Gasteiger partial charge in [-0.15, -0.1) is 0 Å². The molecule has 2 aromatic carbocycles. The first-order valence-corrected chi connectivity index (χ1v) is 11.3. The predicted molar refractivity (Wildman–Crippen MR) is 113 cm³/mol. The van der Waals surface area contributed by atoms with Crippen molar-refractivity contribution in [3.63, 3.8) is 0 Å². The molecule has 0 saturated heterocycles. The van der Waals surface area contributed by atoms with Crippen LogP contribution in [0.1, 0.15) is 37.8 Å². The highest BCUT2D eigenvalue weighted by Gasteiger charge is 2.14. The summed E-state index contributed by atoms with van der Waals surface area (Å²) in [6, 6.07) is 19.0. The van der Waals surface area contributed by atoms with Gasteiger partial charge in [-0.2, -0.15) is 0 Å². The summed E-state index contributed by atoms with van der Waals surface area (Å²) in [5.74, 6) is -0.107. The molecule has 0 fully saturated rings. The van der Waals surface area contributed by atoms with Crippen LogP contribution in [0.15, 0.2) is 65.6 Å². The molecule has 0 radical (unpaired) electrons. The monoisotopic (exact) mass is 402 g/mol. The van der Waals surface area contributed by atoms with E-state index in [-0.39, 0.29) is 18.1 Å². The van der Waals surface area contributed by atoms with Gasteiger partial charge in [0.05, 0.1) is 10.6 Å². The van der Waals surface area contributed by atoms with Gasteiger partial charge in [-0.3, -0.25) is 9.69 Å². The van der Waals surface area contributed by atoms with Crippen molar-refractivity contribution in [3.05, 3.63) is 66.2 Å². The van der Waals surface area contributed by atoms with Gasteiger partial charge in [-0.25, -0.2) is 8.42 Å². The van der Waals surface area contributed by atoms with Gasteiger partial charge in [0, 0.05) is 25.6 Å². The summed E-state index contributed by atoms with van der Waals surface area (Å²) < 4.78 is 24.4. The summed E-state index contributed by atoms with van der Waals surface area (Å²) in [5.41, 5.74) is 1.27. The zero-order valence-corrected chi connectivity index (χ0v) is 17.5. The maximum atomic E-state index is 12.2. The lowest BCUT2D eigenvalue weighted by Crippen LogP contribution is -2.29. The Balaban J connectivity index is 1.62. The molecule has 5 nitrogen and oxygen atoms in total. The summed E-state index contributed by atoms with van der Waals surface area (Å²) in [7, 11) is -1.24. The Labute approximate surface area is 168 Å². The molecule has 0 saturated carbocycles. The van der Waals surface area contributed by atoms with E-state index in [4.69, 9.17) is 0 Å². The average molecular weight is 403 g/mol. The lowest BCUT2D eigenvalue weighted by Gasteiger charge is -2.25. The molecule has 2 rings (SSSR count). The number of benzene rings is 2. The topological polar surface area (TPSA) is 66.5 Å². The molecular weight excluding hydrogens is 372 g/mol. The van der Waals surface area contributed by atoms with Crippen LogP contribution in [0.4, 0.5) is 0 Å². The normalized spacial score (nSPS) is 12.7. The number of carbonyl (C=O) groups excluding carboxylic acids is 1. The summed E-state index contributed by atoms with van der Waals surface area (Å²) in [6.07, 6.45) is 1.40. The summed E-state index contributed by atoms with van der Waals surface area (Å²) in [5, 5.41) is 2.88. The van der Waals surface area contributed by atoms with Gasteiger partial charge >= 0.3 is 0 Å². The molecule has 152 valence electrons. The first-order valence-electron chi connectivity index (χ1n) is 9.70. The largest absolute Gasteiger partial charge is 0.356 e. The molecule has 0 bridgehead atoms. The van der Waals surface area contributed by atoms with Gasteiger partial charge < -0.3 is 5.32 Å². The van der Waals surface area contributed by atoms with Crippen LogP contribution in [-0.4, -0.2) is 45.1 Å². The van der Waals surface area contributed by atoms with Crippen LogP contribution in [0, 0.1) is 0 Å². The smallest absolute Gasteiger partial charge is 0.220 e. The maximum Gasteiger partial charge on any atom is 0.220 e. The molecule has 28 heavy (non-hydrogen) atoms. The van der Waals surface area contributed by atoms with E-state index in [1.54, 1.807) is 30.3 Å². The number of sulfone groups is 1. The lowest BCUT2D eigenvalue weighted by atomic mass is 10.1. The number of rotatable bonds is 11. The van der Waals surface area contributed by atoms with E-state index in [2.05, 4.69) is 36.3 Å². The van der Waals surface area contributed by atoms with Crippen LogP contribution in [0.5, 0.6) is 0 Å². The fourth-order valence-corrected chi connectivity index (χ4v) is 4.32. The van der Waals surface area contributed by atoms with Crippen LogP contribution in [-0.2, 0) is 14.6 Å². The molecule has 1 amide bonds. The minimum atomic E-state index is -3.31. The molecule has 1 atom stereocenters. The predicted octanol–water partition coefficient (Wildman–Crippen LogP) is 3.44. The SMILES string of the molecule is C[C@H](c1ccccc1)N(C)CCCNC(=O)CCCS(=O)(=O)c1ccccc1. The molecule has 1 N–H and O–H groups in total. The van der Waals surface area contributed by atoms with E-state index >= 15 is 0 Å². The standard InChI is InChI=1S/C22H30N2O3S/c1-19(20-11-5-3-6-12-20)24(2)17-10-16-23-22(25)15-9-18-28(26,27)21-13-7-4-8-14-21/h3-8,11-14,19H,9-10,15-18H2,1-2H3,(H,23,25)/t19-/m1/s1. The number of carbonyl (C=O) groups is 1. The van der Waals surface area contributed by atoms with Gasteiger partial charge in [0.15, 0.2) is 9.84 Å².